The molecule has 0 bridgehead atoms. The summed E-state index contributed by atoms with van der Waals surface area (Å²) in [5, 5.41) is 7.53. The second-order valence-corrected chi connectivity index (χ2v) is 3.68. The van der Waals surface area contributed by atoms with Crippen LogP contribution in [0.2, 0.25) is 0 Å². The Labute approximate surface area is 89.8 Å². The van der Waals surface area contributed by atoms with Crippen LogP contribution in [-0.2, 0) is 13.1 Å². The van der Waals surface area contributed by atoms with Gasteiger partial charge in [-0.3, -0.25) is 9.67 Å². The van der Waals surface area contributed by atoms with E-state index in [0.717, 1.165) is 32.1 Å². The van der Waals surface area contributed by atoms with Crippen molar-refractivity contribution in [2.45, 2.75) is 20.0 Å². The minimum absolute atomic E-state index is 0.795. The van der Waals surface area contributed by atoms with E-state index in [1.165, 1.54) is 5.56 Å². The van der Waals surface area contributed by atoms with Crippen molar-refractivity contribution >= 4 is 5.96 Å². The predicted molar refractivity (Wildman–Crippen MR) is 59.7 cm³/mol. The Balaban J connectivity index is 1.87. The third kappa shape index (κ3) is 2.29. The number of rotatable bonds is 3. The molecule has 0 aromatic carbocycles. The minimum Gasteiger partial charge on any atom is -0.352 e. The van der Waals surface area contributed by atoms with Crippen molar-refractivity contribution in [3.05, 3.63) is 18.0 Å². The number of aliphatic imine (C=N–C) groups is 1. The number of guanidine groups is 1. The zero-order valence-electron chi connectivity index (χ0n) is 9.27. The number of aromatic nitrogens is 2. The molecule has 1 aromatic heterocycles. The average Bonchev–Trinajstić information content (AvgIpc) is 2.84. The molecule has 0 spiro atoms. The lowest BCUT2D eigenvalue weighted by Gasteiger charge is -2.14. The number of hydrogen-bond acceptors (Lipinski definition) is 4. The number of nitrogens with zero attached hydrogens (tertiary/aromatic N) is 4. The third-order valence-corrected chi connectivity index (χ3v) is 2.52. The van der Waals surface area contributed by atoms with Crippen LogP contribution in [0.3, 0.4) is 0 Å². The maximum absolute atomic E-state index is 4.36. The first-order valence-corrected chi connectivity index (χ1v) is 5.30. The van der Waals surface area contributed by atoms with Crippen molar-refractivity contribution in [3.8, 4) is 0 Å². The first-order chi connectivity index (χ1) is 7.29. The van der Waals surface area contributed by atoms with E-state index in [0.29, 0.717) is 0 Å². The van der Waals surface area contributed by atoms with Gasteiger partial charge in [0.2, 0.25) is 0 Å². The summed E-state index contributed by atoms with van der Waals surface area (Å²) in [6, 6.07) is 0. The molecule has 0 saturated heterocycles. The summed E-state index contributed by atoms with van der Waals surface area (Å²) in [5.74, 6) is 0.985. The molecule has 82 valence electrons. The van der Waals surface area contributed by atoms with Crippen LogP contribution < -0.4 is 5.32 Å². The molecule has 0 radical (unpaired) electrons. The summed E-state index contributed by atoms with van der Waals surface area (Å²) in [6.45, 7) is 5.70. The van der Waals surface area contributed by atoms with Gasteiger partial charge in [0.05, 0.1) is 12.7 Å². The second-order valence-electron chi connectivity index (χ2n) is 3.68. The van der Waals surface area contributed by atoms with E-state index in [2.05, 4.69) is 33.4 Å². The highest BCUT2D eigenvalue weighted by molar-refractivity contribution is 5.81. The van der Waals surface area contributed by atoms with Crippen LogP contribution in [0, 0.1) is 0 Å². The average molecular weight is 207 g/mol. The molecule has 0 aliphatic carbocycles. The summed E-state index contributed by atoms with van der Waals surface area (Å²) < 4.78 is 1.93. The Hall–Kier alpha value is -1.52. The Morgan fingerprint density at radius 3 is 3.00 bits per heavy atom. The quantitative estimate of drug-likeness (QED) is 0.775. The fourth-order valence-electron chi connectivity index (χ4n) is 1.58. The van der Waals surface area contributed by atoms with E-state index < -0.39 is 0 Å². The maximum Gasteiger partial charge on any atom is 0.194 e. The van der Waals surface area contributed by atoms with Crippen molar-refractivity contribution < 1.29 is 0 Å². The predicted octanol–water partition coefficient (Wildman–Crippen LogP) is 0.294. The minimum atomic E-state index is 0.795. The molecular formula is C10H17N5. The van der Waals surface area contributed by atoms with Gasteiger partial charge in [0.1, 0.15) is 0 Å². The van der Waals surface area contributed by atoms with Gasteiger partial charge in [-0.25, -0.2) is 0 Å². The number of hydrogen-bond donors (Lipinski definition) is 1. The van der Waals surface area contributed by atoms with Crippen molar-refractivity contribution in [2.75, 3.05) is 20.1 Å². The summed E-state index contributed by atoms with van der Waals surface area (Å²) in [6.07, 6.45) is 3.95. The van der Waals surface area contributed by atoms with Crippen LogP contribution >= 0.6 is 0 Å². The SMILES string of the molecule is CCn1cc(CNC2=NCCN2C)cn1. The van der Waals surface area contributed by atoms with Gasteiger partial charge in [-0.05, 0) is 6.92 Å². The van der Waals surface area contributed by atoms with E-state index in [-0.39, 0.29) is 0 Å². The number of likely N-dealkylation sites (N-methyl/N-ethyl adjacent to an activating group) is 1. The lowest BCUT2D eigenvalue weighted by molar-refractivity contribution is 0.534. The molecule has 2 rings (SSSR count). The maximum atomic E-state index is 4.36. The monoisotopic (exact) mass is 207 g/mol. The molecule has 0 atom stereocenters. The van der Waals surface area contributed by atoms with Gasteiger partial charge in [0.25, 0.3) is 0 Å². The van der Waals surface area contributed by atoms with Gasteiger partial charge in [-0.1, -0.05) is 0 Å². The molecule has 2 heterocycles. The summed E-state index contributed by atoms with van der Waals surface area (Å²) >= 11 is 0. The summed E-state index contributed by atoms with van der Waals surface area (Å²) in [5.41, 5.74) is 1.19. The van der Waals surface area contributed by atoms with Gasteiger partial charge in [0, 0.05) is 38.4 Å². The normalized spacial score (nSPS) is 15.6. The molecule has 15 heavy (non-hydrogen) atoms. The molecule has 1 aromatic rings. The Morgan fingerprint density at radius 1 is 1.53 bits per heavy atom. The number of nitrogens with one attached hydrogen (secondary N) is 1. The fourth-order valence-corrected chi connectivity index (χ4v) is 1.58. The molecular weight excluding hydrogens is 190 g/mol. The highest BCUT2D eigenvalue weighted by Crippen LogP contribution is 2.00. The molecule has 0 unspecified atom stereocenters. The van der Waals surface area contributed by atoms with Gasteiger partial charge in [0.15, 0.2) is 5.96 Å². The van der Waals surface area contributed by atoms with Crippen LogP contribution in [0.5, 0.6) is 0 Å². The third-order valence-electron chi connectivity index (χ3n) is 2.52. The zero-order chi connectivity index (χ0) is 10.7. The summed E-state index contributed by atoms with van der Waals surface area (Å²) in [4.78, 5) is 6.49. The molecule has 1 aliphatic heterocycles. The van der Waals surface area contributed by atoms with E-state index in [1.807, 2.05) is 17.9 Å². The summed E-state index contributed by atoms with van der Waals surface area (Å²) in [7, 11) is 2.05. The highest BCUT2D eigenvalue weighted by Gasteiger charge is 2.11. The Morgan fingerprint density at radius 2 is 2.40 bits per heavy atom. The van der Waals surface area contributed by atoms with Crippen molar-refractivity contribution in [1.29, 1.82) is 0 Å². The molecule has 0 fully saturated rings. The first-order valence-electron chi connectivity index (χ1n) is 5.30. The lowest BCUT2D eigenvalue weighted by atomic mass is 10.3. The van der Waals surface area contributed by atoms with Crippen LogP contribution in [0.15, 0.2) is 17.4 Å². The molecule has 5 heteroatoms. The zero-order valence-corrected chi connectivity index (χ0v) is 9.27. The standard InChI is InChI=1S/C10H17N5/c1-3-15-8-9(7-13-15)6-12-10-11-4-5-14(10)2/h7-8H,3-6H2,1-2H3,(H,11,12). The van der Waals surface area contributed by atoms with Gasteiger partial charge in [-0.2, -0.15) is 5.10 Å². The first kappa shape index (κ1) is 10.0. The topological polar surface area (TPSA) is 45.5 Å². The van der Waals surface area contributed by atoms with Gasteiger partial charge in [-0.15, -0.1) is 0 Å². The van der Waals surface area contributed by atoms with Crippen LogP contribution in [0.1, 0.15) is 12.5 Å². The van der Waals surface area contributed by atoms with Crippen LogP contribution in [-0.4, -0.2) is 40.8 Å². The number of aryl methyl sites for hydroxylation is 1. The lowest BCUT2D eigenvalue weighted by Crippen LogP contribution is -2.34. The molecule has 1 N–H and O–H groups in total. The smallest absolute Gasteiger partial charge is 0.194 e. The Bertz CT molecular complexity index is 354. The van der Waals surface area contributed by atoms with Crippen LogP contribution in [0.25, 0.3) is 0 Å². The van der Waals surface area contributed by atoms with E-state index >= 15 is 0 Å². The molecule has 0 saturated carbocycles. The van der Waals surface area contributed by atoms with Crippen molar-refractivity contribution in [2.24, 2.45) is 4.99 Å². The van der Waals surface area contributed by atoms with Crippen molar-refractivity contribution in [3.63, 3.8) is 0 Å². The highest BCUT2D eigenvalue weighted by atomic mass is 15.3. The largest absolute Gasteiger partial charge is 0.352 e. The fraction of sp³-hybridized carbons (Fsp3) is 0.600. The van der Waals surface area contributed by atoms with Gasteiger partial charge >= 0.3 is 0 Å². The van der Waals surface area contributed by atoms with E-state index in [4.69, 9.17) is 0 Å². The molecule has 5 nitrogen and oxygen atoms in total. The van der Waals surface area contributed by atoms with Crippen molar-refractivity contribution in [1.82, 2.24) is 20.0 Å². The molecule has 0 amide bonds. The van der Waals surface area contributed by atoms with E-state index in [9.17, 15) is 0 Å². The Kier molecular flexibility index (Phi) is 2.89. The molecule has 1 aliphatic rings. The second kappa shape index (κ2) is 4.33. The van der Waals surface area contributed by atoms with E-state index in [1.54, 1.807) is 0 Å². The van der Waals surface area contributed by atoms with Crippen LogP contribution in [0.4, 0.5) is 0 Å². The van der Waals surface area contributed by atoms with Gasteiger partial charge < -0.3 is 10.2 Å².